The highest BCUT2D eigenvalue weighted by Gasteiger charge is 2.17. The summed E-state index contributed by atoms with van der Waals surface area (Å²) >= 11 is 0. The molecule has 0 spiro atoms. The van der Waals surface area contributed by atoms with Gasteiger partial charge in [0.05, 0.1) is 4.92 Å². The van der Waals surface area contributed by atoms with Crippen LogP contribution in [0.4, 0.5) is 5.69 Å². The number of nitrogens with zero attached hydrogens (tertiary/aromatic N) is 1. The van der Waals surface area contributed by atoms with Gasteiger partial charge in [0, 0.05) is 11.1 Å². The third kappa shape index (κ3) is 2.78. The molecule has 0 heterocycles. The minimum absolute atomic E-state index is 0.246. The van der Waals surface area contributed by atoms with Gasteiger partial charge in [0.2, 0.25) is 0 Å². The summed E-state index contributed by atoms with van der Waals surface area (Å²) in [6, 6.07) is 5.62. The molecule has 82 valence electrons. The molecule has 1 aromatic rings. The molecule has 3 heteroatoms. The average molecular weight is 207 g/mol. The Bertz CT molecular complexity index is 347. The number of para-hydroxylation sites is 1. The molecule has 0 atom stereocenters. The lowest BCUT2D eigenvalue weighted by atomic mass is 10.0. The maximum absolute atomic E-state index is 11.0. The van der Waals surface area contributed by atoms with E-state index in [0.717, 1.165) is 36.8 Å². The van der Waals surface area contributed by atoms with E-state index in [4.69, 9.17) is 0 Å². The van der Waals surface area contributed by atoms with Gasteiger partial charge in [-0.25, -0.2) is 0 Å². The zero-order chi connectivity index (χ0) is 11.3. The molecule has 1 rings (SSSR count). The van der Waals surface area contributed by atoms with Gasteiger partial charge in [0.25, 0.3) is 5.69 Å². The predicted octanol–water partition coefficient (Wildman–Crippen LogP) is 3.50. The van der Waals surface area contributed by atoms with Crippen LogP contribution in [0.15, 0.2) is 18.2 Å². The van der Waals surface area contributed by atoms with Gasteiger partial charge in [-0.1, -0.05) is 38.5 Å². The molecular formula is C12H17NO2. The second kappa shape index (κ2) is 5.49. The molecule has 0 fully saturated rings. The van der Waals surface area contributed by atoms with Crippen LogP contribution in [0.2, 0.25) is 0 Å². The summed E-state index contributed by atoms with van der Waals surface area (Å²) in [5, 5.41) is 11.0. The number of rotatable bonds is 5. The molecule has 0 saturated heterocycles. The second-order valence-corrected chi connectivity index (χ2v) is 3.64. The quantitative estimate of drug-likeness (QED) is 0.547. The van der Waals surface area contributed by atoms with Crippen LogP contribution in [0.25, 0.3) is 0 Å². The van der Waals surface area contributed by atoms with Crippen molar-refractivity contribution in [2.45, 2.75) is 39.5 Å². The normalized spacial score (nSPS) is 10.3. The molecule has 0 aromatic heterocycles. The average Bonchev–Trinajstić information content (AvgIpc) is 2.25. The minimum atomic E-state index is -0.246. The van der Waals surface area contributed by atoms with E-state index in [1.54, 1.807) is 0 Å². The van der Waals surface area contributed by atoms with Crippen LogP contribution in [0.1, 0.15) is 37.8 Å². The molecule has 0 saturated carbocycles. The van der Waals surface area contributed by atoms with Crippen molar-refractivity contribution in [2.24, 2.45) is 0 Å². The van der Waals surface area contributed by atoms with E-state index < -0.39 is 0 Å². The first kappa shape index (κ1) is 11.7. The summed E-state index contributed by atoms with van der Waals surface area (Å²) < 4.78 is 0. The summed E-state index contributed by atoms with van der Waals surface area (Å²) in [6.45, 7) is 4.04. The molecule has 0 amide bonds. The van der Waals surface area contributed by atoms with Gasteiger partial charge in [0.15, 0.2) is 0 Å². The van der Waals surface area contributed by atoms with Crippen molar-refractivity contribution >= 4 is 5.69 Å². The number of hydrogen-bond donors (Lipinski definition) is 0. The highest BCUT2D eigenvalue weighted by molar-refractivity contribution is 5.47. The van der Waals surface area contributed by atoms with Crippen LogP contribution in [0, 0.1) is 10.1 Å². The van der Waals surface area contributed by atoms with Gasteiger partial charge in [0.1, 0.15) is 0 Å². The van der Waals surface area contributed by atoms with Gasteiger partial charge < -0.3 is 0 Å². The Labute approximate surface area is 90.3 Å². The standard InChI is InChI=1S/C12H17NO2/c1-3-5-7-11-9-6-8-10(4-2)12(11)13(14)15/h6,8-9H,3-5,7H2,1-2H3. The van der Waals surface area contributed by atoms with Gasteiger partial charge >= 0.3 is 0 Å². The summed E-state index contributed by atoms with van der Waals surface area (Å²) in [5.74, 6) is 0. The van der Waals surface area contributed by atoms with Crippen molar-refractivity contribution in [3.05, 3.63) is 39.4 Å². The lowest BCUT2D eigenvalue weighted by Crippen LogP contribution is -2.00. The number of unbranched alkanes of at least 4 members (excludes halogenated alkanes) is 1. The third-order valence-electron chi connectivity index (χ3n) is 2.57. The van der Waals surface area contributed by atoms with Crippen LogP contribution in [-0.4, -0.2) is 4.92 Å². The van der Waals surface area contributed by atoms with Crippen LogP contribution in [0.3, 0.4) is 0 Å². The fourth-order valence-corrected chi connectivity index (χ4v) is 1.73. The molecule has 0 radical (unpaired) electrons. The molecule has 0 N–H and O–H groups in total. The topological polar surface area (TPSA) is 43.1 Å². The Morgan fingerprint density at radius 3 is 2.47 bits per heavy atom. The second-order valence-electron chi connectivity index (χ2n) is 3.64. The Balaban J connectivity index is 3.07. The molecular weight excluding hydrogens is 190 g/mol. The Hall–Kier alpha value is -1.38. The largest absolute Gasteiger partial charge is 0.275 e. The molecule has 15 heavy (non-hydrogen) atoms. The number of nitro benzene ring substituents is 1. The molecule has 1 aromatic carbocycles. The number of benzene rings is 1. The van der Waals surface area contributed by atoms with Crippen LogP contribution < -0.4 is 0 Å². The van der Waals surface area contributed by atoms with Crippen LogP contribution >= 0.6 is 0 Å². The molecule has 0 aliphatic carbocycles. The summed E-state index contributed by atoms with van der Waals surface area (Å²) in [5.41, 5.74) is 2.04. The fraction of sp³-hybridized carbons (Fsp3) is 0.500. The molecule has 0 unspecified atom stereocenters. The zero-order valence-corrected chi connectivity index (χ0v) is 9.32. The molecule has 0 aliphatic heterocycles. The SMILES string of the molecule is CCCCc1cccc(CC)c1[N+](=O)[O-]. The van der Waals surface area contributed by atoms with E-state index in [1.807, 2.05) is 25.1 Å². The van der Waals surface area contributed by atoms with Crippen LogP contribution in [-0.2, 0) is 12.8 Å². The maximum atomic E-state index is 11.0. The van der Waals surface area contributed by atoms with E-state index in [-0.39, 0.29) is 4.92 Å². The molecule has 3 nitrogen and oxygen atoms in total. The number of aryl methyl sites for hydroxylation is 2. The minimum Gasteiger partial charge on any atom is -0.258 e. The van der Waals surface area contributed by atoms with E-state index in [1.165, 1.54) is 0 Å². The lowest BCUT2D eigenvalue weighted by molar-refractivity contribution is -0.386. The smallest absolute Gasteiger partial charge is 0.258 e. The van der Waals surface area contributed by atoms with Gasteiger partial charge in [-0.05, 0) is 19.3 Å². The molecule has 0 aliphatic rings. The van der Waals surface area contributed by atoms with Crippen molar-refractivity contribution < 1.29 is 4.92 Å². The Kier molecular flexibility index (Phi) is 4.28. The van der Waals surface area contributed by atoms with Crippen LogP contribution in [0.5, 0.6) is 0 Å². The highest BCUT2D eigenvalue weighted by Crippen LogP contribution is 2.25. The van der Waals surface area contributed by atoms with E-state index >= 15 is 0 Å². The predicted molar refractivity (Wildman–Crippen MR) is 61.1 cm³/mol. The van der Waals surface area contributed by atoms with Gasteiger partial charge in [-0.15, -0.1) is 0 Å². The van der Waals surface area contributed by atoms with Gasteiger partial charge in [-0.3, -0.25) is 10.1 Å². The first-order valence-electron chi connectivity index (χ1n) is 5.45. The van der Waals surface area contributed by atoms with E-state index in [9.17, 15) is 10.1 Å². The maximum Gasteiger partial charge on any atom is 0.275 e. The lowest BCUT2D eigenvalue weighted by Gasteiger charge is -2.05. The van der Waals surface area contributed by atoms with Crippen molar-refractivity contribution in [1.29, 1.82) is 0 Å². The number of hydrogen-bond acceptors (Lipinski definition) is 2. The number of nitro groups is 1. The Morgan fingerprint density at radius 1 is 1.27 bits per heavy atom. The monoisotopic (exact) mass is 207 g/mol. The van der Waals surface area contributed by atoms with Gasteiger partial charge in [-0.2, -0.15) is 0 Å². The third-order valence-corrected chi connectivity index (χ3v) is 2.57. The van der Waals surface area contributed by atoms with Crippen molar-refractivity contribution in [2.75, 3.05) is 0 Å². The van der Waals surface area contributed by atoms with Crippen molar-refractivity contribution in [3.63, 3.8) is 0 Å². The highest BCUT2D eigenvalue weighted by atomic mass is 16.6. The fourth-order valence-electron chi connectivity index (χ4n) is 1.73. The molecule has 0 bridgehead atoms. The summed E-state index contributed by atoms with van der Waals surface area (Å²) in [4.78, 5) is 10.7. The summed E-state index contributed by atoms with van der Waals surface area (Å²) in [7, 11) is 0. The van der Waals surface area contributed by atoms with E-state index in [0.29, 0.717) is 5.69 Å². The van der Waals surface area contributed by atoms with E-state index in [2.05, 4.69) is 6.92 Å². The van der Waals surface area contributed by atoms with Crippen molar-refractivity contribution in [1.82, 2.24) is 0 Å². The Morgan fingerprint density at radius 2 is 1.93 bits per heavy atom. The first-order valence-corrected chi connectivity index (χ1v) is 5.45. The summed E-state index contributed by atoms with van der Waals surface area (Å²) in [6.07, 6.45) is 3.60. The zero-order valence-electron chi connectivity index (χ0n) is 9.32. The first-order chi connectivity index (χ1) is 7.20. The van der Waals surface area contributed by atoms with Crippen molar-refractivity contribution in [3.8, 4) is 0 Å².